The van der Waals surface area contributed by atoms with E-state index in [0.29, 0.717) is 0 Å². The largest absolute Gasteiger partial charge is 0.279 e. The molecule has 0 aliphatic heterocycles. The van der Waals surface area contributed by atoms with Gasteiger partial charge in [0.15, 0.2) is 9.84 Å². The summed E-state index contributed by atoms with van der Waals surface area (Å²) < 4.78 is 22.1. The van der Waals surface area contributed by atoms with Crippen LogP contribution in [0.3, 0.4) is 0 Å². The Balaban J connectivity index is 3.35. The van der Waals surface area contributed by atoms with Gasteiger partial charge in [0.1, 0.15) is 0 Å². The maximum Gasteiger partial charge on any atom is 0.279 e. The molecule has 0 spiro atoms. The molecule has 1 radical (unpaired) electrons. The molecule has 0 aliphatic carbocycles. The summed E-state index contributed by atoms with van der Waals surface area (Å²) in [7, 11) is -3.46. The van der Waals surface area contributed by atoms with Crippen LogP contribution in [0.2, 0.25) is 5.02 Å². The summed E-state index contributed by atoms with van der Waals surface area (Å²) in [6.07, 6.45) is 0.966. The molecule has 5 nitrogen and oxygen atoms in total. The smallest absolute Gasteiger partial charge is 0.258 e. The van der Waals surface area contributed by atoms with Gasteiger partial charge in [0.2, 0.25) is 0 Å². The van der Waals surface area contributed by atoms with Gasteiger partial charge in [0, 0.05) is 12.3 Å². The maximum atomic E-state index is 11.1. The van der Waals surface area contributed by atoms with Crippen LogP contribution in [0.25, 0.3) is 0 Å². The molecular weight excluding hydrogens is 230 g/mol. The fourth-order valence-electron chi connectivity index (χ4n) is 0.831. The van der Waals surface area contributed by atoms with Gasteiger partial charge in [-0.2, -0.15) is 0 Å². The summed E-state index contributed by atoms with van der Waals surface area (Å²) in [6, 6.07) is 4.17. The first kappa shape index (κ1) is 10.9. The highest BCUT2D eigenvalue weighted by Gasteiger charge is 2.16. The molecule has 1 aromatic carbocycles. The van der Waals surface area contributed by atoms with Crippen LogP contribution in [0.4, 0.5) is 5.69 Å². The lowest BCUT2D eigenvalue weighted by molar-refractivity contribution is -0.385. The van der Waals surface area contributed by atoms with Crippen molar-refractivity contribution in [3.63, 3.8) is 0 Å². The summed E-state index contributed by atoms with van der Waals surface area (Å²) in [5.74, 6) is 0. The Morgan fingerprint density at radius 1 is 1.57 bits per heavy atom. The molecule has 7 heteroatoms. The van der Waals surface area contributed by atoms with Crippen molar-refractivity contribution in [2.24, 2.45) is 0 Å². The fourth-order valence-corrected chi connectivity index (χ4v) is 2.10. The van der Waals surface area contributed by atoms with Crippen LogP contribution in [0.5, 0.6) is 0 Å². The Kier molecular flexibility index (Phi) is 2.77. The van der Waals surface area contributed by atoms with Gasteiger partial charge in [-0.25, -0.2) is 8.42 Å². The van der Waals surface area contributed by atoms with E-state index >= 15 is 0 Å². The average Bonchev–Trinajstić information content (AvgIpc) is 2.01. The van der Waals surface area contributed by atoms with E-state index in [-0.39, 0.29) is 15.6 Å². The van der Waals surface area contributed by atoms with Crippen molar-refractivity contribution in [1.82, 2.24) is 0 Å². The van der Waals surface area contributed by atoms with E-state index in [0.717, 1.165) is 18.4 Å². The first-order chi connectivity index (χ1) is 6.32. The standard InChI is InChI=1S/C7H5ClNO4S/c1-14(12,13)7-3-2-5(9(10)11)4-6(7)8/h3-4H,1H3. The monoisotopic (exact) mass is 234 g/mol. The lowest BCUT2D eigenvalue weighted by Gasteiger charge is -1.99. The van der Waals surface area contributed by atoms with E-state index in [9.17, 15) is 18.5 Å². The van der Waals surface area contributed by atoms with Gasteiger partial charge in [0.05, 0.1) is 20.9 Å². The quantitative estimate of drug-likeness (QED) is 0.573. The molecule has 0 heterocycles. The zero-order chi connectivity index (χ0) is 10.9. The van der Waals surface area contributed by atoms with Crippen LogP contribution < -0.4 is 0 Å². The van der Waals surface area contributed by atoms with Gasteiger partial charge in [-0.1, -0.05) is 11.6 Å². The summed E-state index contributed by atoms with van der Waals surface area (Å²) >= 11 is 5.55. The minimum Gasteiger partial charge on any atom is -0.258 e. The number of rotatable bonds is 2. The van der Waals surface area contributed by atoms with Crippen molar-refractivity contribution in [3.05, 3.63) is 33.3 Å². The molecule has 0 unspecified atom stereocenters. The van der Waals surface area contributed by atoms with Crippen molar-refractivity contribution < 1.29 is 13.3 Å². The number of hydrogen-bond acceptors (Lipinski definition) is 4. The zero-order valence-electron chi connectivity index (χ0n) is 7.02. The molecule has 0 atom stereocenters. The van der Waals surface area contributed by atoms with Gasteiger partial charge >= 0.3 is 0 Å². The van der Waals surface area contributed by atoms with Crippen molar-refractivity contribution in [2.75, 3.05) is 6.26 Å². The molecule has 0 bridgehead atoms. The molecule has 0 N–H and O–H groups in total. The normalized spacial score (nSPS) is 11.3. The summed E-state index contributed by atoms with van der Waals surface area (Å²) in [5.41, 5.74) is -0.359. The Hall–Kier alpha value is -1.14. The van der Waals surface area contributed by atoms with Gasteiger partial charge in [-0.3, -0.25) is 10.1 Å². The van der Waals surface area contributed by atoms with Crippen molar-refractivity contribution in [2.45, 2.75) is 4.90 Å². The van der Waals surface area contributed by atoms with E-state index in [2.05, 4.69) is 6.07 Å². The van der Waals surface area contributed by atoms with Gasteiger partial charge in [-0.15, -0.1) is 0 Å². The van der Waals surface area contributed by atoms with E-state index in [1.165, 1.54) is 0 Å². The number of benzene rings is 1. The topological polar surface area (TPSA) is 77.3 Å². The first-order valence-electron chi connectivity index (χ1n) is 3.38. The highest BCUT2D eigenvalue weighted by Crippen LogP contribution is 2.25. The molecule has 14 heavy (non-hydrogen) atoms. The molecule has 75 valence electrons. The molecule has 1 aromatic rings. The molecule has 0 saturated heterocycles. The Labute approximate surface area is 85.4 Å². The molecule has 0 fully saturated rings. The van der Waals surface area contributed by atoms with E-state index in [1.54, 1.807) is 0 Å². The van der Waals surface area contributed by atoms with E-state index < -0.39 is 14.8 Å². The third-order valence-electron chi connectivity index (χ3n) is 1.45. The molecule has 0 saturated carbocycles. The minimum absolute atomic E-state index is 0.162. The minimum atomic E-state index is -3.46. The highest BCUT2D eigenvalue weighted by atomic mass is 35.5. The summed E-state index contributed by atoms with van der Waals surface area (Å²) in [4.78, 5) is 9.42. The summed E-state index contributed by atoms with van der Waals surface area (Å²) in [6.45, 7) is 0. The van der Waals surface area contributed by atoms with E-state index in [4.69, 9.17) is 11.6 Å². The second-order valence-corrected chi connectivity index (χ2v) is 4.95. The second kappa shape index (κ2) is 3.55. The summed E-state index contributed by atoms with van der Waals surface area (Å²) in [5, 5.41) is 10.1. The lowest BCUT2D eigenvalue weighted by atomic mass is 10.3. The average molecular weight is 235 g/mol. The van der Waals surface area contributed by atoms with Crippen molar-refractivity contribution >= 4 is 27.1 Å². The Bertz CT molecular complexity index is 482. The van der Waals surface area contributed by atoms with E-state index in [1.807, 2.05) is 0 Å². The van der Waals surface area contributed by atoms with Crippen LogP contribution in [0.1, 0.15) is 0 Å². The molecule has 0 aliphatic rings. The molecular formula is C7H5ClNO4S. The van der Waals surface area contributed by atoms with Gasteiger partial charge in [-0.05, 0) is 6.07 Å². The number of non-ortho nitro benzene ring substituents is 1. The number of hydrogen-bond donors (Lipinski definition) is 0. The van der Waals surface area contributed by atoms with Crippen molar-refractivity contribution in [3.8, 4) is 0 Å². The van der Waals surface area contributed by atoms with Crippen LogP contribution in [-0.4, -0.2) is 19.6 Å². The zero-order valence-corrected chi connectivity index (χ0v) is 8.59. The predicted octanol–water partition coefficient (Wildman–Crippen LogP) is 1.45. The highest BCUT2D eigenvalue weighted by molar-refractivity contribution is 7.90. The van der Waals surface area contributed by atoms with Crippen LogP contribution in [0.15, 0.2) is 17.0 Å². The fraction of sp³-hybridized carbons (Fsp3) is 0.143. The van der Waals surface area contributed by atoms with Gasteiger partial charge in [0.25, 0.3) is 5.69 Å². The first-order valence-corrected chi connectivity index (χ1v) is 5.65. The number of halogens is 1. The third-order valence-corrected chi connectivity index (χ3v) is 3.01. The Morgan fingerprint density at radius 3 is 2.50 bits per heavy atom. The Morgan fingerprint density at radius 2 is 2.14 bits per heavy atom. The number of nitrogens with zero attached hydrogens (tertiary/aromatic N) is 1. The second-order valence-electron chi connectivity index (χ2n) is 2.56. The van der Waals surface area contributed by atoms with Crippen LogP contribution in [-0.2, 0) is 9.84 Å². The number of sulfone groups is 1. The maximum absolute atomic E-state index is 11.1. The van der Waals surface area contributed by atoms with Crippen LogP contribution in [0, 0.1) is 16.2 Å². The number of nitro groups is 1. The molecule has 0 aromatic heterocycles. The predicted molar refractivity (Wildman–Crippen MR) is 50.1 cm³/mol. The lowest BCUT2D eigenvalue weighted by Crippen LogP contribution is -1.99. The molecule has 0 amide bonds. The number of nitro benzene ring substituents is 1. The van der Waals surface area contributed by atoms with Crippen molar-refractivity contribution in [1.29, 1.82) is 0 Å². The SMILES string of the molecule is CS(=O)(=O)c1c[c]c([N+](=O)[O-])cc1Cl. The third kappa shape index (κ3) is 2.21. The van der Waals surface area contributed by atoms with Gasteiger partial charge < -0.3 is 0 Å². The van der Waals surface area contributed by atoms with Crippen LogP contribution >= 0.6 is 11.6 Å². The molecule has 1 rings (SSSR count).